The van der Waals surface area contributed by atoms with Gasteiger partial charge in [0, 0.05) is 95.7 Å². The molecular weight excluding hydrogens is 737 g/mol. The second-order valence-electron chi connectivity index (χ2n) is 23.2. The van der Waals surface area contributed by atoms with Crippen molar-refractivity contribution in [3.8, 4) is 0 Å². The van der Waals surface area contributed by atoms with Gasteiger partial charge in [0.15, 0.2) is 0 Å². The number of piperidine rings is 4. The molecule has 4 aliphatic rings. The average molecular weight is 823 g/mol. The van der Waals surface area contributed by atoms with Gasteiger partial charge in [-0.25, -0.2) is 0 Å². The standard InChI is InChI=1S/C44H78N4O8.2CH4/c1-37(2)19-27(20-38(3,4)45-37)53-33(49)17-31(35(51)55-29-23-41(9,10)47-42(11,12)24-29)32(36(52)56-30-25-43(13,14)48-44(15,16)26-30)18-34(50)54-28-21-39(5,6)46-40(7,8)22-28;;/h27-32,45-48H,17-26H2,1-16H3;2*1H4. The highest BCUT2D eigenvalue weighted by atomic mass is 16.6. The predicted molar refractivity (Wildman–Crippen MR) is 231 cm³/mol. The fraction of sp³-hybridized carbons (Fsp3) is 0.913. The normalized spacial score (nSPS) is 27.0. The van der Waals surface area contributed by atoms with Gasteiger partial charge < -0.3 is 40.2 Å². The third-order valence-corrected chi connectivity index (χ3v) is 11.6. The smallest absolute Gasteiger partial charge is 0.310 e. The third-order valence-electron chi connectivity index (χ3n) is 11.6. The molecule has 0 aromatic heterocycles. The minimum absolute atomic E-state index is 0. The van der Waals surface area contributed by atoms with Crippen LogP contribution in [0.15, 0.2) is 0 Å². The second kappa shape index (κ2) is 18.0. The fourth-order valence-corrected chi connectivity index (χ4v) is 11.4. The van der Waals surface area contributed by atoms with Gasteiger partial charge >= 0.3 is 23.9 Å². The van der Waals surface area contributed by atoms with Gasteiger partial charge in [-0.2, -0.15) is 0 Å². The van der Waals surface area contributed by atoms with Crippen LogP contribution in [0.3, 0.4) is 0 Å². The van der Waals surface area contributed by atoms with E-state index in [1.807, 2.05) is 0 Å². The molecule has 12 heteroatoms. The van der Waals surface area contributed by atoms with Gasteiger partial charge in [-0.05, 0) is 111 Å². The molecule has 4 aliphatic heterocycles. The highest BCUT2D eigenvalue weighted by Crippen LogP contribution is 2.37. The van der Waals surface area contributed by atoms with Crippen LogP contribution in [0.4, 0.5) is 0 Å². The summed E-state index contributed by atoms with van der Waals surface area (Å²) in [6.07, 6.45) is 1.83. The largest absolute Gasteiger partial charge is 0.462 e. The minimum atomic E-state index is -1.34. The molecule has 338 valence electrons. The molecule has 4 saturated heterocycles. The zero-order valence-electron chi connectivity index (χ0n) is 37.8. The Bertz CT molecular complexity index is 1290. The van der Waals surface area contributed by atoms with Crippen LogP contribution in [-0.2, 0) is 38.1 Å². The fourth-order valence-electron chi connectivity index (χ4n) is 11.4. The summed E-state index contributed by atoms with van der Waals surface area (Å²) in [5, 5.41) is 14.5. The maximum atomic E-state index is 14.6. The Hall–Kier alpha value is -2.28. The minimum Gasteiger partial charge on any atom is -0.462 e. The van der Waals surface area contributed by atoms with Gasteiger partial charge in [0.05, 0.1) is 24.7 Å². The summed E-state index contributed by atoms with van der Waals surface area (Å²) in [4.78, 5) is 57.3. The Balaban J connectivity index is 0.00000580. The SMILES string of the molecule is C.C.CC1(C)CC(OC(=O)CC(C(=O)OC2CC(C)(C)NC(C)(C)C2)C(CC(=O)OC2CC(C)(C)NC(C)(C)C2)C(=O)OC2CC(C)(C)NC(C)(C)C2)CC(C)(C)N1. The van der Waals surface area contributed by atoms with E-state index in [1.165, 1.54) is 0 Å². The molecule has 2 unspecified atom stereocenters. The van der Waals surface area contributed by atoms with E-state index in [9.17, 15) is 19.2 Å². The zero-order valence-corrected chi connectivity index (χ0v) is 37.8. The first-order valence-electron chi connectivity index (χ1n) is 21.1. The average Bonchev–Trinajstić information content (AvgIpc) is 2.87. The van der Waals surface area contributed by atoms with Crippen LogP contribution in [-0.4, -0.2) is 92.6 Å². The summed E-state index contributed by atoms with van der Waals surface area (Å²) >= 11 is 0. The molecule has 58 heavy (non-hydrogen) atoms. The second-order valence-corrected chi connectivity index (χ2v) is 23.2. The van der Waals surface area contributed by atoms with Crippen LogP contribution in [0, 0.1) is 11.8 Å². The summed E-state index contributed by atoms with van der Waals surface area (Å²) in [5.41, 5.74) is -2.47. The van der Waals surface area contributed by atoms with Crippen LogP contribution in [0.1, 0.15) is 190 Å². The zero-order chi connectivity index (χ0) is 42.5. The molecule has 0 aromatic carbocycles. The van der Waals surface area contributed by atoms with E-state index in [0.717, 1.165) is 0 Å². The number of nitrogens with one attached hydrogen (secondary N) is 4. The lowest BCUT2D eigenvalue weighted by molar-refractivity contribution is -0.178. The van der Waals surface area contributed by atoms with E-state index in [4.69, 9.17) is 18.9 Å². The number of hydrogen-bond acceptors (Lipinski definition) is 12. The third kappa shape index (κ3) is 15.6. The molecule has 4 rings (SSSR count). The van der Waals surface area contributed by atoms with Gasteiger partial charge in [0.2, 0.25) is 0 Å². The molecule has 4 fully saturated rings. The number of rotatable bonds is 11. The number of ether oxygens (including phenoxy) is 4. The monoisotopic (exact) mass is 823 g/mol. The highest BCUT2D eigenvalue weighted by Gasteiger charge is 2.48. The van der Waals surface area contributed by atoms with E-state index < -0.39 is 73.0 Å². The molecule has 0 radical (unpaired) electrons. The van der Waals surface area contributed by atoms with Crippen molar-refractivity contribution in [3.63, 3.8) is 0 Å². The molecule has 0 aliphatic carbocycles. The van der Waals surface area contributed by atoms with Crippen LogP contribution in [0.2, 0.25) is 0 Å². The molecule has 2 atom stereocenters. The topological polar surface area (TPSA) is 153 Å². The summed E-state index contributed by atoms with van der Waals surface area (Å²) in [6, 6.07) is 0. The summed E-state index contributed by atoms with van der Waals surface area (Å²) in [5.74, 6) is -5.33. The molecule has 0 saturated carbocycles. The number of carbonyl (C=O) groups is 4. The Labute approximate surface area is 352 Å². The van der Waals surface area contributed by atoms with Crippen molar-refractivity contribution in [2.75, 3.05) is 0 Å². The Morgan fingerprint density at radius 3 is 0.741 bits per heavy atom. The van der Waals surface area contributed by atoms with Crippen molar-refractivity contribution >= 4 is 23.9 Å². The Morgan fingerprint density at radius 1 is 0.379 bits per heavy atom. The van der Waals surface area contributed by atoms with Crippen molar-refractivity contribution in [2.24, 2.45) is 11.8 Å². The number of hydrogen-bond donors (Lipinski definition) is 4. The van der Waals surface area contributed by atoms with Crippen LogP contribution in [0.5, 0.6) is 0 Å². The lowest BCUT2D eigenvalue weighted by Crippen LogP contribution is -2.60. The lowest BCUT2D eigenvalue weighted by atomic mass is 9.80. The summed E-state index contributed by atoms with van der Waals surface area (Å²) in [6.45, 7) is 33.1. The van der Waals surface area contributed by atoms with Crippen molar-refractivity contribution in [3.05, 3.63) is 0 Å². The van der Waals surface area contributed by atoms with E-state index in [-0.39, 0.29) is 59.2 Å². The van der Waals surface area contributed by atoms with Crippen molar-refractivity contribution in [2.45, 2.75) is 259 Å². The maximum absolute atomic E-state index is 14.6. The molecular formula is C46H86N4O8. The molecule has 0 amide bonds. The van der Waals surface area contributed by atoms with Crippen LogP contribution >= 0.6 is 0 Å². The molecule has 0 bridgehead atoms. The predicted octanol–water partition coefficient (Wildman–Crippen LogP) is 7.68. The van der Waals surface area contributed by atoms with Gasteiger partial charge in [-0.1, -0.05) is 14.9 Å². The molecule has 0 spiro atoms. The summed E-state index contributed by atoms with van der Waals surface area (Å²) < 4.78 is 24.8. The number of esters is 4. The van der Waals surface area contributed by atoms with Crippen molar-refractivity contribution in [1.29, 1.82) is 0 Å². The van der Waals surface area contributed by atoms with Crippen LogP contribution in [0.25, 0.3) is 0 Å². The lowest BCUT2D eigenvalue weighted by Gasteiger charge is -2.47. The van der Waals surface area contributed by atoms with Gasteiger partial charge in [0.1, 0.15) is 24.4 Å². The van der Waals surface area contributed by atoms with E-state index >= 15 is 0 Å². The van der Waals surface area contributed by atoms with Gasteiger partial charge in [-0.3, -0.25) is 19.2 Å². The molecule has 4 N–H and O–H groups in total. The Kier molecular flexibility index (Phi) is 16.1. The van der Waals surface area contributed by atoms with E-state index in [1.54, 1.807) is 0 Å². The Morgan fingerprint density at radius 2 is 0.552 bits per heavy atom. The highest BCUT2D eigenvalue weighted by molar-refractivity contribution is 5.88. The van der Waals surface area contributed by atoms with Crippen LogP contribution < -0.4 is 21.3 Å². The number of carbonyl (C=O) groups excluding carboxylic acids is 4. The van der Waals surface area contributed by atoms with Gasteiger partial charge in [0.25, 0.3) is 0 Å². The first kappa shape index (κ1) is 51.9. The molecule has 4 heterocycles. The van der Waals surface area contributed by atoms with E-state index in [0.29, 0.717) is 51.4 Å². The molecule has 0 aromatic rings. The molecule has 12 nitrogen and oxygen atoms in total. The maximum Gasteiger partial charge on any atom is 0.310 e. The first-order chi connectivity index (χ1) is 25.1. The summed E-state index contributed by atoms with van der Waals surface area (Å²) in [7, 11) is 0. The quantitative estimate of drug-likeness (QED) is 0.119. The first-order valence-corrected chi connectivity index (χ1v) is 21.1. The van der Waals surface area contributed by atoms with Crippen molar-refractivity contribution < 1.29 is 38.1 Å². The van der Waals surface area contributed by atoms with E-state index in [2.05, 4.69) is 132 Å². The van der Waals surface area contributed by atoms with Crippen molar-refractivity contribution in [1.82, 2.24) is 21.3 Å². The van der Waals surface area contributed by atoms with Gasteiger partial charge in [-0.15, -0.1) is 0 Å².